The molecule has 0 spiro atoms. The highest BCUT2D eigenvalue weighted by Crippen LogP contribution is 2.35. The van der Waals surface area contributed by atoms with Gasteiger partial charge in [-0.3, -0.25) is 19.2 Å². The summed E-state index contributed by atoms with van der Waals surface area (Å²) in [6.45, 7) is 10.4. The van der Waals surface area contributed by atoms with E-state index in [1.165, 1.54) is 56.4 Å². The minimum atomic E-state index is -1.08. The number of carbonyl (C=O) groups excluding carboxylic acids is 8. The molecule has 6 rings (SSSR count). The van der Waals surface area contributed by atoms with Crippen LogP contribution in [0.1, 0.15) is 95.8 Å². The van der Waals surface area contributed by atoms with E-state index in [-0.39, 0.29) is 37.2 Å². The fraction of sp³-hybridized carbons (Fsp3) is 0.407. The van der Waals surface area contributed by atoms with Crippen LogP contribution in [0.3, 0.4) is 0 Å². The van der Waals surface area contributed by atoms with E-state index < -0.39 is 95.0 Å². The first kappa shape index (κ1) is 57.8. The largest absolute Gasteiger partial charge is 0.508 e. The zero-order chi connectivity index (χ0) is 54.2. The van der Waals surface area contributed by atoms with Crippen LogP contribution in [-0.4, -0.2) is 145 Å². The van der Waals surface area contributed by atoms with Crippen molar-refractivity contribution in [2.24, 2.45) is 11.8 Å². The fourth-order valence-corrected chi connectivity index (χ4v) is 8.03. The number of carbonyl (C=O) groups is 8. The lowest BCUT2D eigenvalue weighted by molar-refractivity contribution is -0.159. The zero-order valence-electron chi connectivity index (χ0n) is 42.6. The molecule has 4 aromatic rings. The molecule has 2 aliphatic rings. The van der Waals surface area contributed by atoms with E-state index in [0.29, 0.717) is 22.4 Å². The number of aliphatic hydroxyl groups is 1. The van der Waals surface area contributed by atoms with Gasteiger partial charge < -0.3 is 53.2 Å². The summed E-state index contributed by atoms with van der Waals surface area (Å²) in [5, 5.41) is 19.4. The van der Waals surface area contributed by atoms with Crippen molar-refractivity contribution < 1.29 is 81.7 Å². The summed E-state index contributed by atoms with van der Waals surface area (Å²) in [6, 6.07) is 27.2. The molecule has 2 N–H and O–H groups in total. The van der Waals surface area contributed by atoms with Gasteiger partial charge in [0.15, 0.2) is 0 Å². The third-order valence-electron chi connectivity index (χ3n) is 11.1. The van der Waals surface area contributed by atoms with Crippen LogP contribution in [0, 0.1) is 11.8 Å². The lowest BCUT2D eigenvalue weighted by Crippen LogP contribution is -2.44. The topological polar surface area (TPSA) is 248 Å². The number of aliphatic hydroxyl groups excluding tert-OH is 1. The molecule has 392 valence electrons. The van der Waals surface area contributed by atoms with Crippen molar-refractivity contribution in [3.63, 3.8) is 0 Å². The summed E-state index contributed by atoms with van der Waals surface area (Å²) in [4.78, 5) is 102. The van der Waals surface area contributed by atoms with Crippen LogP contribution in [0.2, 0.25) is 0 Å². The van der Waals surface area contributed by atoms with Gasteiger partial charge in [0.1, 0.15) is 40.9 Å². The Morgan fingerprint density at radius 3 is 1.37 bits per heavy atom. The summed E-state index contributed by atoms with van der Waals surface area (Å²) in [5.74, 6) is -5.33. The maximum Gasteiger partial charge on any atom is 0.337 e. The lowest BCUT2D eigenvalue weighted by atomic mass is 9.93. The first-order valence-electron chi connectivity index (χ1n) is 23.1. The lowest BCUT2D eigenvalue weighted by Gasteiger charge is -2.27. The molecule has 2 heterocycles. The predicted molar refractivity (Wildman–Crippen MR) is 262 cm³/mol. The second kappa shape index (κ2) is 26.1. The number of rotatable bonds is 12. The molecule has 19 nitrogen and oxygen atoms in total. The molecule has 2 saturated heterocycles. The van der Waals surface area contributed by atoms with Gasteiger partial charge in [-0.2, -0.15) is 0 Å². The normalized spacial score (nSPS) is 19.1. The average molecular weight is 1010 g/mol. The van der Waals surface area contributed by atoms with E-state index in [4.69, 9.17) is 33.5 Å². The number of phenolic OH excluding ortho intramolecular Hbond substituents is 1. The van der Waals surface area contributed by atoms with Gasteiger partial charge in [-0.05, 0) is 102 Å². The van der Waals surface area contributed by atoms with Crippen LogP contribution in [-0.2, 0) is 47.6 Å². The molecular formula is C54H64N2O17. The van der Waals surface area contributed by atoms with E-state index in [9.17, 15) is 43.5 Å². The van der Waals surface area contributed by atoms with Crippen molar-refractivity contribution in [1.29, 1.82) is 0 Å². The Hall–Kier alpha value is -7.80. The fourth-order valence-electron chi connectivity index (χ4n) is 8.03. The highest BCUT2D eigenvalue weighted by Gasteiger charge is 2.52. The van der Waals surface area contributed by atoms with Crippen molar-refractivity contribution >= 4 is 47.6 Å². The Balaban J connectivity index is 0.000000270. The number of benzene rings is 4. The molecule has 2 aliphatic heterocycles. The van der Waals surface area contributed by atoms with Gasteiger partial charge in [-0.25, -0.2) is 19.2 Å². The predicted octanol–water partition coefficient (Wildman–Crippen LogP) is 5.84. The third-order valence-corrected chi connectivity index (χ3v) is 11.1. The van der Waals surface area contributed by atoms with Crippen LogP contribution in [0.15, 0.2) is 109 Å². The highest BCUT2D eigenvalue weighted by atomic mass is 16.6. The Bertz CT molecular complexity index is 2550. The molecule has 2 fully saturated rings. The van der Waals surface area contributed by atoms with Gasteiger partial charge >= 0.3 is 35.8 Å². The van der Waals surface area contributed by atoms with Crippen molar-refractivity contribution in [1.82, 2.24) is 9.80 Å². The van der Waals surface area contributed by atoms with Crippen molar-refractivity contribution in [3.05, 3.63) is 131 Å². The SMILES string of the molecule is COC(=O)[C@@H]1[C@@H](CC(=O)OC(C)(C)C)[C@@H](O)CN1C(=O)c1ccccc1.COC(=O)c1cccc(O)c1.COC(=O)c1cccc(O[C@@H]2CN(C(=O)c3ccccc3)[C@H](C(=O)OC)[C@H]2CC(=O)OC(C)(C)C)c1. The summed E-state index contributed by atoms with van der Waals surface area (Å²) in [6.07, 6.45) is -2.16. The van der Waals surface area contributed by atoms with Crippen molar-refractivity contribution in [2.75, 3.05) is 41.5 Å². The summed E-state index contributed by atoms with van der Waals surface area (Å²) in [5.41, 5.74) is -0.00417. The number of amides is 2. The van der Waals surface area contributed by atoms with Crippen LogP contribution >= 0.6 is 0 Å². The van der Waals surface area contributed by atoms with E-state index in [2.05, 4.69) is 4.74 Å². The molecule has 73 heavy (non-hydrogen) atoms. The second-order valence-electron chi connectivity index (χ2n) is 18.8. The smallest absolute Gasteiger partial charge is 0.337 e. The maximum absolute atomic E-state index is 13.4. The summed E-state index contributed by atoms with van der Waals surface area (Å²) >= 11 is 0. The Morgan fingerprint density at radius 2 is 0.932 bits per heavy atom. The minimum Gasteiger partial charge on any atom is -0.508 e. The van der Waals surface area contributed by atoms with Crippen molar-refractivity contribution in [3.8, 4) is 11.5 Å². The molecule has 0 aliphatic carbocycles. The zero-order valence-corrected chi connectivity index (χ0v) is 42.6. The Morgan fingerprint density at radius 1 is 0.521 bits per heavy atom. The Kier molecular flexibility index (Phi) is 20.6. The molecule has 0 bridgehead atoms. The molecule has 0 aromatic heterocycles. The van der Waals surface area contributed by atoms with Crippen molar-refractivity contribution in [2.45, 2.75) is 89.9 Å². The third kappa shape index (κ3) is 16.6. The van der Waals surface area contributed by atoms with Crippen LogP contribution in [0.25, 0.3) is 0 Å². The molecule has 4 aromatic carbocycles. The number of hydrogen-bond donors (Lipinski definition) is 2. The van der Waals surface area contributed by atoms with E-state index >= 15 is 0 Å². The number of methoxy groups -OCH3 is 4. The van der Waals surface area contributed by atoms with E-state index in [1.54, 1.807) is 133 Å². The maximum atomic E-state index is 13.4. The minimum absolute atomic E-state index is 0.0173. The monoisotopic (exact) mass is 1010 g/mol. The van der Waals surface area contributed by atoms with Gasteiger partial charge in [-0.15, -0.1) is 0 Å². The molecule has 0 saturated carbocycles. The Labute approximate surface area is 424 Å². The quantitative estimate of drug-likeness (QED) is 0.125. The van der Waals surface area contributed by atoms with Gasteiger partial charge in [0.2, 0.25) is 0 Å². The number of esters is 6. The molecule has 0 unspecified atom stereocenters. The van der Waals surface area contributed by atoms with Crippen LogP contribution < -0.4 is 4.74 Å². The number of β-amino-alcohol motifs (C(OH)–C–C–N with tert-alkyl or cyclic N) is 1. The summed E-state index contributed by atoms with van der Waals surface area (Å²) < 4.78 is 36.0. The van der Waals surface area contributed by atoms with Gasteiger partial charge in [0.05, 0.1) is 65.1 Å². The van der Waals surface area contributed by atoms with Gasteiger partial charge in [0.25, 0.3) is 11.8 Å². The molecule has 19 heteroatoms. The number of hydrogen-bond acceptors (Lipinski definition) is 17. The van der Waals surface area contributed by atoms with Gasteiger partial charge in [-0.1, -0.05) is 48.5 Å². The molecular weight excluding hydrogens is 949 g/mol. The second-order valence-corrected chi connectivity index (χ2v) is 18.8. The number of aromatic hydroxyl groups is 1. The number of likely N-dealkylation sites (tertiary alicyclic amines) is 2. The number of nitrogens with zero attached hydrogens (tertiary/aromatic N) is 2. The number of phenols is 1. The van der Waals surface area contributed by atoms with E-state index in [0.717, 1.165) is 0 Å². The molecule has 6 atom stereocenters. The van der Waals surface area contributed by atoms with Crippen LogP contribution in [0.4, 0.5) is 0 Å². The van der Waals surface area contributed by atoms with E-state index in [1.807, 2.05) is 0 Å². The molecule has 2 amide bonds. The standard InChI is InChI=1S/C27H31NO8.C19H25NO6.C8H8O3/c1-27(2,3)36-22(29)15-20-21(35-19-13-9-12-18(14-19)25(31)33-4)16-28(23(20)26(32)34-5)24(30)17-10-7-6-8-11-17;1-19(2,3)26-15(22)10-13-14(21)11-20(16(13)18(24)25-4)17(23)12-8-6-5-7-9-12;1-11-8(10)6-3-2-4-7(9)5-6/h6-14,20-21,23H,15-16H2,1-5H3;5-9,13-14,16,21H,10-11H2,1-4H3;2-5,9H,1H3/t20-,21+,23-;13-,14-,16-;/m00./s1. The van der Waals surface area contributed by atoms with Crippen LogP contribution in [0.5, 0.6) is 11.5 Å². The first-order chi connectivity index (χ1) is 34.4. The first-order valence-corrected chi connectivity index (χ1v) is 23.1. The molecule has 0 radical (unpaired) electrons. The average Bonchev–Trinajstić information content (AvgIpc) is 3.87. The number of ether oxygens (including phenoxy) is 7. The summed E-state index contributed by atoms with van der Waals surface area (Å²) in [7, 11) is 5.01. The van der Waals surface area contributed by atoms with Gasteiger partial charge in [0, 0.05) is 29.5 Å². The highest BCUT2D eigenvalue weighted by molar-refractivity contribution is 5.98.